The number of esters is 1. The van der Waals surface area contributed by atoms with Crippen LogP contribution in [0.1, 0.15) is 21.6 Å². The molecule has 0 fully saturated rings. The number of hydrogen-bond donors (Lipinski definition) is 1. The molecule has 1 aromatic carbocycles. The molecule has 0 unspecified atom stereocenters. The van der Waals surface area contributed by atoms with Crippen molar-refractivity contribution < 1.29 is 14.3 Å². The van der Waals surface area contributed by atoms with E-state index in [-0.39, 0.29) is 11.9 Å². The van der Waals surface area contributed by atoms with Gasteiger partial charge in [0.1, 0.15) is 0 Å². The Morgan fingerprint density at radius 1 is 1.29 bits per heavy atom. The predicted octanol–water partition coefficient (Wildman–Crippen LogP) is 2.89. The fraction of sp³-hybridized carbons (Fsp3) is 0.133. The first-order chi connectivity index (χ1) is 10.1. The molecule has 2 rings (SSSR count). The molecular formula is C15H14N2O3S. The van der Waals surface area contributed by atoms with Crippen molar-refractivity contribution in [1.29, 1.82) is 0 Å². The van der Waals surface area contributed by atoms with Gasteiger partial charge in [-0.25, -0.2) is 9.78 Å². The predicted molar refractivity (Wildman–Crippen MR) is 82.3 cm³/mol. The second kappa shape index (κ2) is 6.81. The Hall–Kier alpha value is -2.47. The lowest BCUT2D eigenvalue weighted by Crippen LogP contribution is -2.07. The highest BCUT2D eigenvalue weighted by Gasteiger charge is 2.04. The van der Waals surface area contributed by atoms with Crippen LogP contribution in [-0.2, 0) is 9.53 Å². The van der Waals surface area contributed by atoms with Crippen LogP contribution < -0.4 is 5.32 Å². The van der Waals surface area contributed by atoms with Gasteiger partial charge >= 0.3 is 5.97 Å². The standard InChI is InChI=1S/C15H14N2O3S/c1-10-9-21-15(16-10)17-13(18)8-5-11-3-6-12(7-4-11)14(19)20-2/h3-9H,1-2H3,(H,16,17,18). The van der Waals surface area contributed by atoms with Crippen molar-refractivity contribution in [2.75, 3.05) is 12.4 Å². The van der Waals surface area contributed by atoms with Crippen molar-refractivity contribution in [2.45, 2.75) is 6.92 Å². The summed E-state index contributed by atoms with van der Waals surface area (Å²) in [5.74, 6) is -0.635. The Morgan fingerprint density at radius 3 is 2.57 bits per heavy atom. The number of nitrogens with one attached hydrogen (secondary N) is 1. The van der Waals surface area contributed by atoms with Gasteiger partial charge in [0.25, 0.3) is 0 Å². The molecule has 5 nitrogen and oxygen atoms in total. The number of benzene rings is 1. The van der Waals surface area contributed by atoms with Crippen LogP contribution in [-0.4, -0.2) is 24.0 Å². The summed E-state index contributed by atoms with van der Waals surface area (Å²) in [6.45, 7) is 1.87. The molecule has 0 saturated heterocycles. The van der Waals surface area contributed by atoms with Gasteiger partial charge in [0, 0.05) is 11.5 Å². The number of aromatic nitrogens is 1. The van der Waals surface area contributed by atoms with Gasteiger partial charge in [-0.05, 0) is 30.7 Å². The van der Waals surface area contributed by atoms with Crippen LogP contribution >= 0.6 is 11.3 Å². The average Bonchev–Trinajstić information content (AvgIpc) is 2.90. The summed E-state index contributed by atoms with van der Waals surface area (Å²) in [4.78, 5) is 27.1. The van der Waals surface area contributed by atoms with E-state index in [9.17, 15) is 9.59 Å². The number of amides is 1. The molecule has 0 radical (unpaired) electrons. The van der Waals surface area contributed by atoms with Crippen molar-refractivity contribution in [1.82, 2.24) is 4.98 Å². The fourth-order valence-corrected chi connectivity index (χ4v) is 2.27. The van der Waals surface area contributed by atoms with Crippen LogP contribution in [0.4, 0.5) is 5.13 Å². The van der Waals surface area contributed by atoms with E-state index >= 15 is 0 Å². The maximum absolute atomic E-state index is 11.7. The molecular weight excluding hydrogens is 288 g/mol. The summed E-state index contributed by atoms with van der Waals surface area (Å²) in [5.41, 5.74) is 2.16. The summed E-state index contributed by atoms with van der Waals surface area (Å²) in [5, 5.41) is 5.12. The van der Waals surface area contributed by atoms with E-state index < -0.39 is 0 Å². The van der Waals surface area contributed by atoms with Crippen LogP contribution in [0, 0.1) is 6.92 Å². The number of ether oxygens (including phenoxy) is 1. The van der Waals surface area contributed by atoms with Gasteiger partial charge in [-0.2, -0.15) is 0 Å². The molecule has 1 heterocycles. The number of methoxy groups -OCH3 is 1. The SMILES string of the molecule is COC(=O)c1ccc(C=CC(=O)Nc2nc(C)cs2)cc1. The molecule has 0 atom stereocenters. The van der Waals surface area contributed by atoms with Gasteiger partial charge < -0.3 is 4.74 Å². The van der Waals surface area contributed by atoms with Crippen molar-refractivity contribution in [3.63, 3.8) is 0 Å². The zero-order valence-electron chi connectivity index (χ0n) is 11.6. The first kappa shape index (κ1) is 14.9. The fourth-order valence-electron chi connectivity index (χ4n) is 1.58. The van der Waals surface area contributed by atoms with Crippen molar-refractivity contribution >= 4 is 34.4 Å². The molecule has 108 valence electrons. The maximum Gasteiger partial charge on any atom is 0.337 e. The van der Waals surface area contributed by atoms with E-state index in [0.717, 1.165) is 11.3 Å². The Bertz CT molecular complexity index is 674. The number of rotatable bonds is 4. The Balaban J connectivity index is 1.97. The number of carbonyl (C=O) groups excluding carboxylic acids is 2. The quantitative estimate of drug-likeness (QED) is 0.696. The van der Waals surface area contributed by atoms with E-state index in [2.05, 4.69) is 15.0 Å². The summed E-state index contributed by atoms with van der Waals surface area (Å²) in [6.07, 6.45) is 3.08. The summed E-state index contributed by atoms with van der Waals surface area (Å²) in [6, 6.07) is 6.77. The maximum atomic E-state index is 11.7. The van der Waals surface area contributed by atoms with Crippen LogP contribution in [0.25, 0.3) is 6.08 Å². The molecule has 0 spiro atoms. The Kier molecular flexibility index (Phi) is 4.84. The van der Waals surface area contributed by atoms with Crippen LogP contribution in [0.3, 0.4) is 0 Å². The number of carbonyl (C=O) groups is 2. The molecule has 6 heteroatoms. The van der Waals surface area contributed by atoms with E-state index in [1.165, 1.54) is 24.5 Å². The van der Waals surface area contributed by atoms with Gasteiger partial charge in [-0.3, -0.25) is 10.1 Å². The van der Waals surface area contributed by atoms with E-state index in [1.54, 1.807) is 30.3 Å². The van der Waals surface area contributed by atoms with Gasteiger partial charge in [0.2, 0.25) is 5.91 Å². The lowest BCUT2D eigenvalue weighted by atomic mass is 10.1. The van der Waals surface area contributed by atoms with Crippen LogP contribution in [0.5, 0.6) is 0 Å². The highest BCUT2D eigenvalue weighted by Crippen LogP contribution is 2.14. The largest absolute Gasteiger partial charge is 0.465 e. The van der Waals surface area contributed by atoms with Crippen molar-refractivity contribution in [3.05, 3.63) is 52.5 Å². The molecule has 1 amide bonds. The Labute approximate surface area is 126 Å². The van der Waals surface area contributed by atoms with Crippen molar-refractivity contribution in [2.24, 2.45) is 0 Å². The molecule has 0 saturated carbocycles. The third-order valence-electron chi connectivity index (χ3n) is 2.61. The molecule has 0 aliphatic heterocycles. The smallest absolute Gasteiger partial charge is 0.337 e. The molecule has 0 aliphatic carbocycles. The van der Waals surface area contributed by atoms with Gasteiger partial charge in [-0.15, -0.1) is 11.3 Å². The highest BCUT2D eigenvalue weighted by atomic mass is 32.1. The number of aryl methyl sites for hydroxylation is 1. The van der Waals surface area contributed by atoms with Gasteiger partial charge in [0.05, 0.1) is 18.4 Å². The highest BCUT2D eigenvalue weighted by molar-refractivity contribution is 7.13. The average molecular weight is 302 g/mol. The molecule has 0 aliphatic rings. The molecule has 2 aromatic rings. The lowest BCUT2D eigenvalue weighted by molar-refractivity contribution is -0.111. The summed E-state index contributed by atoms with van der Waals surface area (Å²) < 4.78 is 4.62. The second-order valence-corrected chi connectivity index (χ2v) is 5.09. The minimum Gasteiger partial charge on any atom is -0.465 e. The van der Waals surface area contributed by atoms with Gasteiger partial charge in [-0.1, -0.05) is 12.1 Å². The second-order valence-electron chi connectivity index (χ2n) is 4.23. The van der Waals surface area contributed by atoms with E-state index in [1.807, 2.05) is 12.3 Å². The topological polar surface area (TPSA) is 68.3 Å². The third-order valence-corrected chi connectivity index (χ3v) is 3.48. The lowest BCUT2D eigenvalue weighted by Gasteiger charge is -1.99. The first-order valence-corrected chi connectivity index (χ1v) is 7.06. The van der Waals surface area contributed by atoms with E-state index in [0.29, 0.717) is 10.7 Å². The summed E-state index contributed by atoms with van der Waals surface area (Å²) >= 11 is 1.38. The zero-order valence-corrected chi connectivity index (χ0v) is 12.4. The minimum absolute atomic E-state index is 0.249. The third kappa shape index (κ3) is 4.25. The number of anilines is 1. The molecule has 21 heavy (non-hydrogen) atoms. The number of nitrogens with zero attached hydrogens (tertiary/aromatic N) is 1. The minimum atomic E-state index is -0.387. The normalized spacial score (nSPS) is 10.6. The van der Waals surface area contributed by atoms with Crippen LogP contribution in [0.2, 0.25) is 0 Å². The summed E-state index contributed by atoms with van der Waals surface area (Å²) in [7, 11) is 1.33. The van der Waals surface area contributed by atoms with Crippen molar-refractivity contribution in [3.8, 4) is 0 Å². The van der Waals surface area contributed by atoms with E-state index in [4.69, 9.17) is 0 Å². The van der Waals surface area contributed by atoms with Crippen LogP contribution in [0.15, 0.2) is 35.7 Å². The zero-order chi connectivity index (χ0) is 15.2. The monoisotopic (exact) mass is 302 g/mol. The van der Waals surface area contributed by atoms with Gasteiger partial charge in [0.15, 0.2) is 5.13 Å². The molecule has 1 aromatic heterocycles. The number of hydrogen-bond acceptors (Lipinski definition) is 5. The number of thiazole rings is 1. The molecule has 0 bridgehead atoms. The first-order valence-electron chi connectivity index (χ1n) is 6.18. The Morgan fingerprint density at radius 2 is 2.00 bits per heavy atom. The molecule has 1 N–H and O–H groups in total.